The van der Waals surface area contributed by atoms with E-state index >= 15 is 0 Å². The van der Waals surface area contributed by atoms with Crippen molar-refractivity contribution in [3.63, 3.8) is 0 Å². The standard InChI is InChI=1S/C22H23Cl2N5O2S/c1-14(26-21(31)17-9-8-16(23)12-18(17)24)20-27-28-22(29(20)2)32-13-19(30)25-11-10-15-6-4-3-5-7-15/h3-9,12,14H,10-11,13H2,1-2H3,(H,25,30)(H,26,31)/t14-/m0/s1. The third-order valence-corrected chi connectivity index (χ3v) is 6.26. The Balaban J connectivity index is 1.50. The number of halogens is 2. The minimum Gasteiger partial charge on any atom is -0.355 e. The molecule has 3 rings (SSSR count). The average Bonchev–Trinajstić information content (AvgIpc) is 3.13. The molecule has 0 spiro atoms. The van der Waals surface area contributed by atoms with E-state index in [4.69, 9.17) is 23.2 Å². The molecule has 0 radical (unpaired) electrons. The first-order valence-corrected chi connectivity index (χ1v) is 11.7. The Hall–Kier alpha value is -2.55. The summed E-state index contributed by atoms with van der Waals surface area (Å²) < 4.78 is 1.76. The summed E-state index contributed by atoms with van der Waals surface area (Å²) in [5.74, 6) is 0.376. The number of amides is 2. The molecule has 0 fully saturated rings. The second-order valence-corrected chi connectivity index (χ2v) is 8.88. The first kappa shape index (κ1) is 24.1. The third-order valence-electron chi connectivity index (χ3n) is 4.69. The molecule has 0 bridgehead atoms. The molecule has 10 heteroatoms. The molecule has 2 N–H and O–H groups in total. The normalized spacial score (nSPS) is 11.8. The van der Waals surface area contributed by atoms with Gasteiger partial charge in [0.05, 0.1) is 22.4 Å². The van der Waals surface area contributed by atoms with Gasteiger partial charge in [0.1, 0.15) is 0 Å². The molecule has 0 saturated heterocycles. The van der Waals surface area contributed by atoms with Gasteiger partial charge in [-0.3, -0.25) is 9.59 Å². The molecule has 2 amide bonds. The molecule has 32 heavy (non-hydrogen) atoms. The van der Waals surface area contributed by atoms with Gasteiger partial charge in [-0.15, -0.1) is 10.2 Å². The van der Waals surface area contributed by atoms with Crippen molar-refractivity contribution in [1.29, 1.82) is 0 Å². The number of hydrogen-bond donors (Lipinski definition) is 2. The molecule has 0 unspecified atom stereocenters. The van der Waals surface area contributed by atoms with E-state index in [0.29, 0.717) is 28.1 Å². The Morgan fingerprint density at radius 1 is 1.12 bits per heavy atom. The molecule has 1 heterocycles. The number of aromatic nitrogens is 3. The van der Waals surface area contributed by atoms with Crippen LogP contribution < -0.4 is 10.6 Å². The molecule has 2 aromatic carbocycles. The van der Waals surface area contributed by atoms with E-state index in [-0.39, 0.29) is 22.6 Å². The summed E-state index contributed by atoms with van der Waals surface area (Å²) in [6.07, 6.45) is 0.778. The highest BCUT2D eigenvalue weighted by Gasteiger charge is 2.20. The minimum absolute atomic E-state index is 0.0748. The van der Waals surface area contributed by atoms with E-state index in [2.05, 4.69) is 20.8 Å². The molecule has 1 atom stereocenters. The van der Waals surface area contributed by atoms with Gasteiger partial charge in [-0.25, -0.2) is 0 Å². The van der Waals surface area contributed by atoms with Gasteiger partial charge in [0.25, 0.3) is 5.91 Å². The number of thioether (sulfide) groups is 1. The molecule has 1 aromatic heterocycles. The zero-order valence-electron chi connectivity index (χ0n) is 17.6. The van der Waals surface area contributed by atoms with Gasteiger partial charge >= 0.3 is 0 Å². The van der Waals surface area contributed by atoms with Crippen LogP contribution in [0.4, 0.5) is 0 Å². The lowest BCUT2D eigenvalue weighted by Crippen LogP contribution is -2.29. The Labute approximate surface area is 200 Å². The Kier molecular flexibility index (Phi) is 8.55. The highest BCUT2D eigenvalue weighted by molar-refractivity contribution is 7.99. The van der Waals surface area contributed by atoms with Crippen LogP contribution in [0.25, 0.3) is 0 Å². The maximum absolute atomic E-state index is 12.5. The Morgan fingerprint density at radius 2 is 1.88 bits per heavy atom. The van der Waals surface area contributed by atoms with Crippen LogP contribution in [0.5, 0.6) is 0 Å². The molecular weight excluding hydrogens is 469 g/mol. The summed E-state index contributed by atoms with van der Waals surface area (Å²) in [5.41, 5.74) is 1.50. The molecule has 0 aliphatic carbocycles. The predicted molar refractivity (Wildman–Crippen MR) is 127 cm³/mol. The number of hydrogen-bond acceptors (Lipinski definition) is 5. The van der Waals surface area contributed by atoms with E-state index in [1.807, 2.05) is 30.3 Å². The average molecular weight is 492 g/mol. The molecule has 0 aliphatic rings. The minimum atomic E-state index is -0.416. The van der Waals surface area contributed by atoms with E-state index in [9.17, 15) is 9.59 Å². The van der Waals surface area contributed by atoms with Crippen LogP contribution in [0.3, 0.4) is 0 Å². The SMILES string of the molecule is C[C@H](NC(=O)c1ccc(Cl)cc1Cl)c1nnc(SCC(=O)NCCc2ccccc2)n1C. The van der Waals surface area contributed by atoms with E-state index in [1.54, 1.807) is 30.7 Å². The molecule has 168 valence electrons. The fraction of sp³-hybridized carbons (Fsp3) is 0.273. The first-order chi connectivity index (χ1) is 15.3. The van der Waals surface area contributed by atoms with E-state index in [0.717, 1.165) is 6.42 Å². The van der Waals surface area contributed by atoms with Crippen molar-refractivity contribution >= 4 is 46.8 Å². The Bertz CT molecular complexity index is 1090. The van der Waals surface area contributed by atoms with Gasteiger partial charge in [-0.2, -0.15) is 0 Å². The maximum atomic E-state index is 12.5. The molecular formula is C22H23Cl2N5O2S. The highest BCUT2D eigenvalue weighted by atomic mass is 35.5. The number of carbonyl (C=O) groups excluding carboxylic acids is 2. The lowest BCUT2D eigenvalue weighted by Gasteiger charge is -2.14. The van der Waals surface area contributed by atoms with Gasteiger partial charge in [-0.1, -0.05) is 65.3 Å². The van der Waals surface area contributed by atoms with Gasteiger partial charge < -0.3 is 15.2 Å². The van der Waals surface area contributed by atoms with Crippen molar-refractivity contribution in [1.82, 2.24) is 25.4 Å². The number of nitrogens with one attached hydrogen (secondary N) is 2. The molecule has 0 aliphatic heterocycles. The van der Waals surface area contributed by atoms with Gasteiger partial charge in [-0.05, 0) is 37.1 Å². The van der Waals surface area contributed by atoms with Crippen LogP contribution in [-0.4, -0.2) is 38.9 Å². The number of carbonyl (C=O) groups is 2. The van der Waals surface area contributed by atoms with Gasteiger partial charge in [0, 0.05) is 18.6 Å². The van der Waals surface area contributed by atoms with E-state index in [1.165, 1.54) is 23.4 Å². The molecule has 0 saturated carbocycles. The maximum Gasteiger partial charge on any atom is 0.253 e. The van der Waals surface area contributed by atoms with E-state index < -0.39 is 6.04 Å². The zero-order chi connectivity index (χ0) is 23.1. The van der Waals surface area contributed by atoms with Gasteiger partial charge in [0.2, 0.25) is 5.91 Å². The second-order valence-electron chi connectivity index (χ2n) is 7.09. The van der Waals surface area contributed by atoms with Crippen LogP contribution in [0, 0.1) is 0 Å². The van der Waals surface area contributed by atoms with Crippen LogP contribution in [0.1, 0.15) is 34.7 Å². The lowest BCUT2D eigenvalue weighted by molar-refractivity contribution is -0.118. The molecule has 3 aromatic rings. The number of nitrogens with zero attached hydrogens (tertiary/aromatic N) is 3. The van der Waals surface area contributed by atoms with Crippen LogP contribution in [0.15, 0.2) is 53.7 Å². The fourth-order valence-electron chi connectivity index (χ4n) is 3.01. The quantitative estimate of drug-likeness (QED) is 0.440. The summed E-state index contributed by atoms with van der Waals surface area (Å²) in [4.78, 5) is 24.7. The fourth-order valence-corrected chi connectivity index (χ4v) is 4.26. The summed E-state index contributed by atoms with van der Waals surface area (Å²) >= 11 is 13.3. The second kappa shape index (κ2) is 11.4. The van der Waals surface area contributed by atoms with Crippen molar-refractivity contribution in [3.8, 4) is 0 Å². The van der Waals surface area contributed by atoms with Crippen molar-refractivity contribution in [2.45, 2.75) is 24.5 Å². The third kappa shape index (κ3) is 6.48. The van der Waals surface area contributed by atoms with Crippen LogP contribution >= 0.6 is 35.0 Å². The highest BCUT2D eigenvalue weighted by Crippen LogP contribution is 2.23. The van der Waals surface area contributed by atoms with Crippen molar-refractivity contribution < 1.29 is 9.59 Å². The van der Waals surface area contributed by atoms with Crippen molar-refractivity contribution in [2.24, 2.45) is 7.05 Å². The topological polar surface area (TPSA) is 88.9 Å². The Morgan fingerprint density at radius 3 is 2.59 bits per heavy atom. The summed E-state index contributed by atoms with van der Waals surface area (Å²) in [6, 6.07) is 14.3. The predicted octanol–water partition coefficient (Wildman–Crippen LogP) is 4.06. The largest absolute Gasteiger partial charge is 0.355 e. The summed E-state index contributed by atoms with van der Waals surface area (Å²) in [5, 5.41) is 15.4. The zero-order valence-corrected chi connectivity index (χ0v) is 20.0. The van der Waals surface area contributed by atoms with Gasteiger partial charge in [0.15, 0.2) is 11.0 Å². The van der Waals surface area contributed by atoms with Crippen molar-refractivity contribution in [2.75, 3.05) is 12.3 Å². The molecule has 7 nitrogen and oxygen atoms in total. The van der Waals surface area contributed by atoms with Crippen LogP contribution in [0.2, 0.25) is 10.0 Å². The smallest absolute Gasteiger partial charge is 0.253 e. The number of benzene rings is 2. The van der Waals surface area contributed by atoms with Crippen molar-refractivity contribution in [3.05, 3.63) is 75.5 Å². The lowest BCUT2D eigenvalue weighted by atomic mass is 10.1. The first-order valence-electron chi connectivity index (χ1n) is 9.93. The number of rotatable bonds is 9. The summed E-state index contributed by atoms with van der Waals surface area (Å²) in [6.45, 7) is 2.38. The summed E-state index contributed by atoms with van der Waals surface area (Å²) in [7, 11) is 1.79. The van der Waals surface area contributed by atoms with Crippen LogP contribution in [-0.2, 0) is 18.3 Å². The monoisotopic (exact) mass is 491 g/mol.